The Balaban J connectivity index is 2.19. The summed E-state index contributed by atoms with van der Waals surface area (Å²) in [5.41, 5.74) is 3.72. The minimum absolute atomic E-state index is 0.211. The first-order valence-electron chi connectivity index (χ1n) is 8.12. The van der Waals surface area contributed by atoms with Crippen LogP contribution in [0.1, 0.15) is 10.4 Å². The molecule has 1 N–H and O–H groups in total. The fourth-order valence-corrected chi connectivity index (χ4v) is 3.32. The molecular formula is C22H14ClNO2. The van der Waals surface area contributed by atoms with Gasteiger partial charge < -0.3 is 5.11 Å². The van der Waals surface area contributed by atoms with E-state index in [1.54, 1.807) is 18.2 Å². The van der Waals surface area contributed by atoms with E-state index in [2.05, 4.69) is 0 Å². The molecule has 0 fully saturated rings. The lowest BCUT2D eigenvalue weighted by molar-refractivity contribution is 0.0700. The zero-order valence-corrected chi connectivity index (χ0v) is 14.4. The van der Waals surface area contributed by atoms with Crippen molar-refractivity contribution in [3.8, 4) is 22.4 Å². The van der Waals surface area contributed by atoms with Gasteiger partial charge in [0.05, 0.1) is 16.8 Å². The summed E-state index contributed by atoms with van der Waals surface area (Å²) in [6, 6.07) is 24.2. The highest BCUT2D eigenvalue weighted by atomic mass is 35.5. The normalized spacial score (nSPS) is 10.8. The first-order valence-corrected chi connectivity index (χ1v) is 8.50. The van der Waals surface area contributed by atoms with E-state index in [0.717, 1.165) is 11.1 Å². The Labute approximate surface area is 155 Å². The van der Waals surface area contributed by atoms with Crippen molar-refractivity contribution in [2.45, 2.75) is 0 Å². The molecule has 4 aromatic rings. The molecule has 0 aliphatic heterocycles. The summed E-state index contributed by atoms with van der Waals surface area (Å²) in [6.45, 7) is 0. The largest absolute Gasteiger partial charge is 0.478 e. The van der Waals surface area contributed by atoms with Gasteiger partial charge in [0.15, 0.2) is 0 Å². The van der Waals surface area contributed by atoms with E-state index in [1.807, 2.05) is 60.7 Å². The number of nitrogens with zero attached hydrogens (tertiary/aromatic N) is 1. The van der Waals surface area contributed by atoms with E-state index < -0.39 is 5.97 Å². The fraction of sp³-hybridized carbons (Fsp3) is 0. The highest BCUT2D eigenvalue weighted by molar-refractivity contribution is 6.31. The van der Waals surface area contributed by atoms with Crippen molar-refractivity contribution < 1.29 is 9.90 Å². The van der Waals surface area contributed by atoms with E-state index >= 15 is 0 Å². The van der Waals surface area contributed by atoms with Gasteiger partial charge in [0.2, 0.25) is 0 Å². The maximum absolute atomic E-state index is 12.2. The smallest absolute Gasteiger partial charge is 0.337 e. The Kier molecular flexibility index (Phi) is 4.15. The van der Waals surface area contributed by atoms with Gasteiger partial charge in [0.25, 0.3) is 0 Å². The van der Waals surface area contributed by atoms with Gasteiger partial charge in [-0.1, -0.05) is 72.3 Å². The van der Waals surface area contributed by atoms with Crippen LogP contribution in [0.5, 0.6) is 0 Å². The van der Waals surface area contributed by atoms with Gasteiger partial charge in [-0.3, -0.25) is 0 Å². The van der Waals surface area contributed by atoms with Crippen LogP contribution in [0.25, 0.3) is 33.3 Å². The first kappa shape index (κ1) is 16.3. The lowest BCUT2D eigenvalue weighted by atomic mass is 9.92. The van der Waals surface area contributed by atoms with Gasteiger partial charge in [0, 0.05) is 21.5 Å². The third-order valence-corrected chi connectivity index (χ3v) is 4.51. The number of pyridine rings is 1. The van der Waals surface area contributed by atoms with Crippen LogP contribution in [0.3, 0.4) is 0 Å². The minimum Gasteiger partial charge on any atom is -0.478 e. The summed E-state index contributed by atoms with van der Waals surface area (Å²) in [6.07, 6.45) is 0. The van der Waals surface area contributed by atoms with Crippen LogP contribution in [0.4, 0.5) is 0 Å². The van der Waals surface area contributed by atoms with E-state index in [1.165, 1.54) is 0 Å². The summed E-state index contributed by atoms with van der Waals surface area (Å²) in [5.74, 6) is -1.00. The summed E-state index contributed by atoms with van der Waals surface area (Å²) in [7, 11) is 0. The van der Waals surface area contributed by atoms with Gasteiger partial charge in [-0.05, 0) is 23.8 Å². The predicted octanol–water partition coefficient (Wildman–Crippen LogP) is 5.92. The molecule has 0 saturated carbocycles. The van der Waals surface area contributed by atoms with Gasteiger partial charge in [0.1, 0.15) is 0 Å². The summed E-state index contributed by atoms with van der Waals surface area (Å²) in [5, 5.41) is 11.0. The topological polar surface area (TPSA) is 50.2 Å². The summed E-state index contributed by atoms with van der Waals surface area (Å²) in [4.78, 5) is 17.0. The van der Waals surface area contributed by atoms with Crippen molar-refractivity contribution in [1.82, 2.24) is 4.98 Å². The molecule has 26 heavy (non-hydrogen) atoms. The number of aromatic carboxylic acids is 1. The number of hydrogen-bond donors (Lipinski definition) is 1. The molecule has 0 aliphatic rings. The average molecular weight is 360 g/mol. The van der Waals surface area contributed by atoms with Crippen molar-refractivity contribution in [2.24, 2.45) is 0 Å². The molecule has 3 nitrogen and oxygen atoms in total. The van der Waals surface area contributed by atoms with Gasteiger partial charge in [-0.15, -0.1) is 0 Å². The molecule has 0 radical (unpaired) electrons. The van der Waals surface area contributed by atoms with Crippen LogP contribution in [-0.2, 0) is 0 Å². The number of halogens is 1. The number of rotatable bonds is 3. The Bertz CT molecular complexity index is 1110. The molecule has 126 valence electrons. The standard InChI is InChI=1S/C22H14ClNO2/c23-16-11-12-18-17(13-16)20(22(25)26)19(14-7-3-1-4-8-14)21(24-18)15-9-5-2-6-10-15/h1-13H,(H,25,26). The highest BCUT2D eigenvalue weighted by Gasteiger charge is 2.22. The number of aromatic nitrogens is 1. The predicted molar refractivity (Wildman–Crippen MR) is 105 cm³/mol. The minimum atomic E-state index is -1.00. The SMILES string of the molecule is O=C(O)c1c(-c2ccccc2)c(-c2ccccc2)nc2ccc(Cl)cc12. The molecule has 0 aliphatic carbocycles. The molecular weight excluding hydrogens is 346 g/mol. The number of carboxylic acid groups (broad SMARTS) is 1. The molecule has 1 aromatic heterocycles. The number of carboxylic acids is 1. The Morgan fingerprint density at radius 1 is 0.846 bits per heavy atom. The molecule has 0 atom stereocenters. The number of hydrogen-bond acceptors (Lipinski definition) is 2. The third-order valence-electron chi connectivity index (χ3n) is 4.27. The van der Waals surface area contributed by atoms with Crippen LogP contribution in [0, 0.1) is 0 Å². The first-order chi connectivity index (χ1) is 12.6. The van der Waals surface area contributed by atoms with E-state index in [9.17, 15) is 9.90 Å². The van der Waals surface area contributed by atoms with Crippen LogP contribution < -0.4 is 0 Å². The molecule has 0 amide bonds. The quantitative estimate of drug-likeness (QED) is 0.494. The zero-order valence-electron chi connectivity index (χ0n) is 13.7. The maximum atomic E-state index is 12.2. The lowest BCUT2D eigenvalue weighted by Gasteiger charge is -2.15. The zero-order chi connectivity index (χ0) is 18.1. The summed E-state index contributed by atoms with van der Waals surface area (Å²) >= 11 is 6.13. The molecule has 4 heteroatoms. The van der Waals surface area contributed by atoms with Crippen LogP contribution in [-0.4, -0.2) is 16.1 Å². The second kappa shape index (κ2) is 6.62. The summed E-state index contributed by atoms with van der Waals surface area (Å²) < 4.78 is 0. The van der Waals surface area contributed by atoms with Crippen LogP contribution in [0.15, 0.2) is 78.9 Å². The molecule has 3 aromatic carbocycles. The second-order valence-electron chi connectivity index (χ2n) is 5.91. The van der Waals surface area contributed by atoms with Crippen molar-refractivity contribution in [1.29, 1.82) is 0 Å². The highest BCUT2D eigenvalue weighted by Crippen LogP contribution is 2.38. The Morgan fingerprint density at radius 3 is 2.08 bits per heavy atom. The molecule has 0 bridgehead atoms. The molecule has 1 heterocycles. The second-order valence-corrected chi connectivity index (χ2v) is 6.35. The van der Waals surface area contributed by atoms with Gasteiger partial charge in [-0.25, -0.2) is 9.78 Å². The molecule has 0 spiro atoms. The van der Waals surface area contributed by atoms with Crippen LogP contribution in [0.2, 0.25) is 5.02 Å². The van der Waals surface area contributed by atoms with Crippen molar-refractivity contribution in [3.05, 3.63) is 89.4 Å². The van der Waals surface area contributed by atoms with Crippen molar-refractivity contribution in [2.75, 3.05) is 0 Å². The van der Waals surface area contributed by atoms with Crippen molar-refractivity contribution >= 4 is 28.5 Å². The third kappa shape index (κ3) is 2.83. The van der Waals surface area contributed by atoms with E-state index in [4.69, 9.17) is 16.6 Å². The maximum Gasteiger partial charge on any atom is 0.337 e. The monoisotopic (exact) mass is 359 g/mol. The number of fused-ring (bicyclic) bond motifs is 1. The van der Waals surface area contributed by atoms with E-state index in [0.29, 0.717) is 27.2 Å². The Hall–Kier alpha value is -3.17. The number of carbonyl (C=O) groups is 1. The molecule has 0 saturated heterocycles. The van der Waals surface area contributed by atoms with Gasteiger partial charge in [-0.2, -0.15) is 0 Å². The fourth-order valence-electron chi connectivity index (χ4n) is 3.15. The van der Waals surface area contributed by atoms with Crippen LogP contribution >= 0.6 is 11.6 Å². The Morgan fingerprint density at radius 2 is 1.46 bits per heavy atom. The molecule has 4 rings (SSSR count). The number of benzene rings is 3. The van der Waals surface area contributed by atoms with E-state index in [-0.39, 0.29) is 5.56 Å². The lowest BCUT2D eigenvalue weighted by Crippen LogP contribution is -2.05. The molecule has 0 unspecified atom stereocenters. The van der Waals surface area contributed by atoms with Gasteiger partial charge >= 0.3 is 5.97 Å². The van der Waals surface area contributed by atoms with Crippen molar-refractivity contribution in [3.63, 3.8) is 0 Å². The average Bonchev–Trinajstić information content (AvgIpc) is 2.67.